The molecule has 0 spiro atoms. The van der Waals surface area contributed by atoms with E-state index in [1.807, 2.05) is 19.2 Å². The molecule has 0 aromatic heterocycles. The molecule has 180 valence electrons. The van der Waals surface area contributed by atoms with Gasteiger partial charge in [0.25, 0.3) is 11.1 Å². The summed E-state index contributed by atoms with van der Waals surface area (Å²) in [6, 6.07) is 8.55. The number of halogens is 3. The number of hydrogen-bond acceptors (Lipinski definition) is 7. The van der Waals surface area contributed by atoms with Crippen LogP contribution in [-0.2, 0) is 24.8 Å². The Morgan fingerprint density at radius 3 is 2.47 bits per heavy atom. The van der Waals surface area contributed by atoms with Gasteiger partial charge in [0.05, 0.1) is 11.5 Å². The molecule has 2 aliphatic rings. The molecule has 0 bridgehead atoms. The molecule has 1 fully saturated rings. The van der Waals surface area contributed by atoms with Gasteiger partial charge in [0.1, 0.15) is 10.7 Å². The van der Waals surface area contributed by atoms with Crippen molar-refractivity contribution in [2.24, 2.45) is 0 Å². The normalized spacial score (nSPS) is 18.9. The van der Waals surface area contributed by atoms with Crippen molar-refractivity contribution in [3.05, 3.63) is 52.4 Å². The zero-order valence-electron chi connectivity index (χ0n) is 18.1. The highest BCUT2D eigenvalue weighted by Crippen LogP contribution is 2.47. The van der Waals surface area contributed by atoms with Crippen LogP contribution in [0.25, 0.3) is 16.9 Å². The van der Waals surface area contributed by atoms with Crippen LogP contribution in [0.3, 0.4) is 0 Å². The van der Waals surface area contributed by atoms with E-state index in [4.69, 9.17) is 4.74 Å². The highest BCUT2D eigenvalue weighted by atomic mass is 32.2. The van der Waals surface area contributed by atoms with Gasteiger partial charge in [0.2, 0.25) is 0 Å². The first-order valence-electron chi connectivity index (χ1n) is 9.81. The standard InChI is InChI=1S/C22H18F3NO6S2/c1-21(2)10-31-17-14(8-13(9-15(17)21)34(3,29)30)11-5-4-6-12(7-11)16(32-22(23,24)25)18-19(27)26-20(28)33-18/h4-9H,10H2,1-3H3,(H,26,27,28). The van der Waals surface area contributed by atoms with Crippen molar-refractivity contribution in [1.82, 2.24) is 5.32 Å². The van der Waals surface area contributed by atoms with Gasteiger partial charge >= 0.3 is 6.36 Å². The van der Waals surface area contributed by atoms with Crippen molar-refractivity contribution >= 4 is 38.5 Å². The van der Waals surface area contributed by atoms with Crippen LogP contribution in [-0.4, -0.2) is 38.8 Å². The van der Waals surface area contributed by atoms with E-state index < -0.39 is 43.4 Å². The first-order chi connectivity index (χ1) is 15.7. The van der Waals surface area contributed by atoms with Crippen LogP contribution >= 0.6 is 11.8 Å². The second-order valence-corrected chi connectivity index (χ2v) is 11.4. The number of thioether (sulfide) groups is 1. The highest BCUT2D eigenvalue weighted by Gasteiger charge is 2.39. The van der Waals surface area contributed by atoms with Gasteiger partial charge in [-0.15, -0.1) is 13.2 Å². The van der Waals surface area contributed by atoms with E-state index >= 15 is 0 Å². The molecule has 1 saturated heterocycles. The van der Waals surface area contributed by atoms with E-state index in [2.05, 4.69) is 4.74 Å². The topological polar surface area (TPSA) is 98.8 Å². The lowest BCUT2D eigenvalue weighted by Crippen LogP contribution is -2.20. The number of carbonyl (C=O) groups excluding carboxylic acids is 2. The number of sulfone groups is 1. The molecule has 2 amide bonds. The van der Waals surface area contributed by atoms with Crippen molar-refractivity contribution in [3.63, 3.8) is 0 Å². The van der Waals surface area contributed by atoms with Gasteiger partial charge in [0, 0.05) is 28.4 Å². The maximum absolute atomic E-state index is 13.2. The maximum atomic E-state index is 13.2. The van der Waals surface area contributed by atoms with Crippen LogP contribution in [0, 0.1) is 0 Å². The molecule has 0 atom stereocenters. The Kier molecular flexibility index (Phi) is 5.72. The second kappa shape index (κ2) is 8.05. The quantitative estimate of drug-likeness (QED) is 0.471. The maximum Gasteiger partial charge on any atom is 0.573 e. The molecule has 7 nitrogen and oxygen atoms in total. The van der Waals surface area contributed by atoms with Crippen molar-refractivity contribution in [1.29, 1.82) is 0 Å². The number of benzene rings is 2. The Morgan fingerprint density at radius 1 is 1.18 bits per heavy atom. The number of nitrogens with one attached hydrogen (secondary N) is 1. The lowest BCUT2D eigenvalue weighted by molar-refractivity contribution is -0.290. The number of alkyl halides is 3. The molecular formula is C22H18F3NO6S2. The molecule has 1 N–H and O–H groups in total. The Bertz CT molecular complexity index is 1360. The molecule has 0 aliphatic carbocycles. The minimum Gasteiger partial charge on any atom is -0.492 e. The van der Waals surface area contributed by atoms with E-state index in [0.29, 0.717) is 34.2 Å². The van der Waals surface area contributed by atoms with Crippen LogP contribution in [0.5, 0.6) is 5.75 Å². The van der Waals surface area contributed by atoms with E-state index in [0.717, 1.165) is 6.26 Å². The summed E-state index contributed by atoms with van der Waals surface area (Å²) in [6.07, 6.45) is -4.07. The predicted molar refractivity (Wildman–Crippen MR) is 119 cm³/mol. The molecule has 0 radical (unpaired) electrons. The molecule has 12 heteroatoms. The third-order valence-corrected chi connectivity index (χ3v) is 7.23. The summed E-state index contributed by atoms with van der Waals surface area (Å²) in [5.41, 5.74) is 0.737. The van der Waals surface area contributed by atoms with E-state index in [1.165, 1.54) is 30.3 Å². The number of fused-ring (bicyclic) bond motifs is 1. The van der Waals surface area contributed by atoms with E-state index in [1.54, 1.807) is 6.07 Å². The Balaban J connectivity index is 1.93. The average molecular weight is 514 g/mol. The molecule has 0 unspecified atom stereocenters. The summed E-state index contributed by atoms with van der Waals surface area (Å²) in [6.45, 7) is 4.06. The summed E-state index contributed by atoms with van der Waals surface area (Å²) in [7, 11) is -3.61. The van der Waals surface area contributed by atoms with Crippen molar-refractivity contribution in [3.8, 4) is 16.9 Å². The third kappa shape index (κ3) is 4.64. The fraction of sp³-hybridized carbons (Fsp3) is 0.273. The van der Waals surface area contributed by atoms with Gasteiger partial charge in [0.15, 0.2) is 15.6 Å². The first-order valence-corrected chi connectivity index (χ1v) is 12.5. The molecule has 0 saturated carbocycles. The summed E-state index contributed by atoms with van der Waals surface area (Å²) in [4.78, 5) is 23.1. The second-order valence-electron chi connectivity index (χ2n) is 8.42. The van der Waals surface area contributed by atoms with E-state index in [9.17, 15) is 31.2 Å². The summed E-state index contributed by atoms with van der Waals surface area (Å²) in [5.74, 6) is -1.42. The van der Waals surface area contributed by atoms with Crippen LogP contribution < -0.4 is 10.1 Å². The lowest BCUT2D eigenvalue weighted by Gasteiger charge is -2.18. The zero-order chi connectivity index (χ0) is 25.1. The lowest BCUT2D eigenvalue weighted by atomic mass is 9.85. The van der Waals surface area contributed by atoms with Crippen LogP contribution in [0.15, 0.2) is 46.2 Å². The fourth-order valence-corrected chi connectivity index (χ4v) is 5.05. The summed E-state index contributed by atoms with van der Waals surface area (Å²) >= 11 is 0.296. The Labute approximate surface area is 197 Å². The largest absolute Gasteiger partial charge is 0.573 e. The predicted octanol–water partition coefficient (Wildman–Crippen LogP) is 4.62. The number of imide groups is 1. The monoisotopic (exact) mass is 513 g/mol. The SMILES string of the molecule is CC1(C)COc2c(-c3cccc(C(OC(F)(F)F)=C4SC(=O)NC4=O)c3)cc(S(C)(=O)=O)cc21. The average Bonchev–Trinajstić information content (AvgIpc) is 3.22. The van der Waals surface area contributed by atoms with Crippen molar-refractivity contribution in [2.45, 2.75) is 30.5 Å². The number of carbonyl (C=O) groups is 2. The van der Waals surface area contributed by atoms with Crippen molar-refractivity contribution < 1.29 is 40.7 Å². The molecule has 2 heterocycles. The molecule has 34 heavy (non-hydrogen) atoms. The molecule has 2 aromatic rings. The van der Waals surface area contributed by atoms with Gasteiger partial charge in [-0.3, -0.25) is 14.9 Å². The van der Waals surface area contributed by atoms with Gasteiger partial charge in [-0.05, 0) is 35.5 Å². The van der Waals surface area contributed by atoms with Gasteiger partial charge in [-0.2, -0.15) is 0 Å². The molecule has 2 aromatic carbocycles. The van der Waals surface area contributed by atoms with Crippen LogP contribution in [0.2, 0.25) is 0 Å². The van der Waals surface area contributed by atoms with Crippen molar-refractivity contribution in [2.75, 3.05) is 12.9 Å². The number of rotatable bonds is 4. The summed E-state index contributed by atoms with van der Waals surface area (Å²) < 4.78 is 74.2. The molecular weight excluding hydrogens is 495 g/mol. The molecule has 4 rings (SSSR count). The minimum absolute atomic E-state index is 0.0340. The first kappa shape index (κ1) is 24.1. The number of ether oxygens (including phenoxy) is 2. The third-order valence-electron chi connectivity index (χ3n) is 5.27. The number of hydrogen-bond donors (Lipinski definition) is 1. The minimum atomic E-state index is -5.13. The van der Waals surface area contributed by atoms with Gasteiger partial charge < -0.3 is 9.47 Å². The highest BCUT2D eigenvalue weighted by molar-refractivity contribution is 8.18. The zero-order valence-corrected chi connectivity index (χ0v) is 19.7. The Hall–Kier alpha value is -2.99. The summed E-state index contributed by atoms with van der Waals surface area (Å²) in [5, 5.41) is 1.08. The number of amides is 2. The van der Waals surface area contributed by atoms with Gasteiger partial charge in [-0.1, -0.05) is 32.0 Å². The van der Waals surface area contributed by atoms with E-state index in [-0.39, 0.29) is 17.1 Å². The Morgan fingerprint density at radius 2 is 1.88 bits per heavy atom. The molecule has 2 aliphatic heterocycles. The van der Waals surface area contributed by atoms with Crippen LogP contribution in [0.4, 0.5) is 18.0 Å². The van der Waals surface area contributed by atoms with Crippen LogP contribution in [0.1, 0.15) is 25.0 Å². The van der Waals surface area contributed by atoms with Gasteiger partial charge in [-0.25, -0.2) is 8.42 Å². The smallest absolute Gasteiger partial charge is 0.492 e. The fourth-order valence-electron chi connectivity index (χ4n) is 3.66.